The number of allylic oxidation sites excluding steroid dienone is 1. The lowest BCUT2D eigenvalue weighted by atomic mass is 9.92. The summed E-state index contributed by atoms with van der Waals surface area (Å²) in [5.74, 6) is 0.929. The Morgan fingerprint density at radius 2 is 1.54 bits per heavy atom. The predicted molar refractivity (Wildman–Crippen MR) is 104 cm³/mol. The summed E-state index contributed by atoms with van der Waals surface area (Å²) in [6.45, 7) is 9.23. The lowest BCUT2D eigenvalue weighted by molar-refractivity contribution is 0.314. The van der Waals surface area contributed by atoms with Gasteiger partial charge in [-0.3, -0.25) is 0 Å². The largest absolute Gasteiger partial charge is 0.492 e. The smallest absolute Gasteiger partial charge is 0.119 e. The summed E-state index contributed by atoms with van der Waals surface area (Å²) < 4.78 is 5.80. The Balaban J connectivity index is 2.10. The van der Waals surface area contributed by atoms with Gasteiger partial charge in [-0.25, -0.2) is 0 Å². The van der Waals surface area contributed by atoms with Gasteiger partial charge in [0.25, 0.3) is 0 Å². The third-order valence-electron chi connectivity index (χ3n) is 4.14. The van der Waals surface area contributed by atoms with Gasteiger partial charge >= 0.3 is 0 Å². The summed E-state index contributed by atoms with van der Waals surface area (Å²) in [6.07, 6.45) is 2.20. The van der Waals surface area contributed by atoms with Gasteiger partial charge in [0.2, 0.25) is 0 Å². The molecule has 0 saturated heterocycles. The second-order valence-electron chi connectivity index (χ2n) is 6.00. The van der Waals surface area contributed by atoms with E-state index >= 15 is 0 Å². The molecule has 0 fully saturated rings. The molecular formula is C22H29NO. The topological polar surface area (TPSA) is 21.3 Å². The van der Waals surface area contributed by atoms with Gasteiger partial charge in [-0.05, 0) is 55.1 Å². The van der Waals surface area contributed by atoms with Crippen LogP contribution < -0.4 is 10.1 Å². The van der Waals surface area contributed by atoms with E-state index in [1.54, 1.807) is 0 Å². The normalized spacial score (nSPS) is 12.0. The molecule has 2 aromatic carbocycles. The molecule has 0 radical (unpaired) electrons. The van der Waals surface area contributed by atoms with E-state index in [4.69, 9.17) is 4.74 Å². The van der Waals surface area contributed by atoms with Crippen molar-refractivity contribution >= 4 is 5.57 Å². The van der Waals surface area contributed by atoms with E-state index in [0.29, 0.717) is 6.61 Å². The lowest BCUT2D eigenvalue weighted by Gasteiger charge is -2.14. The van der Waals surface area contributed by atoms with Crippen LogP contribution in [0, 0.1) is 0 Å². The predicted octanol–water partition coefficient (Wildman–Crippen LogP) is 5.30. The number of ether oxygens (including phenoxy) is 1. The highest BCUT2D eigenvalue weighted by atomic mass is 16.5. The van der Waals surface area contributed by atoms with E-state index in [0.717, 1.165) is 31.7 Å². The van der Waals surface area contributed by atoms with Gasteiger partial charge in [-0.15, -0.1) is 0 Å². The van der Waals surface area contributed by atoms with Crippen LogP contribution in [0.25, 0.3) is 5.57 Å². The average molecular weight is 323 g/mol. The monoisotopic (exact) mass is 323 g/mol. The van der Waals surface area contributed by atoms with E-state index in [-0.39, 0.29) is 0 Å². The molecule has 0 atom stereocenters. The molecule has 0 saturated carbocycles. The van der Waals surface area contributed by atoms with Crippen molar-refractivity contribution in [1.82, 2.24) is 5.32 Å². The van der Waals surface area contributed by atoms with Crippen LogP contribution in [0.1, 0.15) is 44.7 Å². The molecule has 2 aromatic rings. The zero-order valence-electron chi connectivity index (χ0n) is 15.1. The first-order chi connectivity index (χ1) is 11.8. The molecule has 0 unspecified atom stereocenters. The number of rotatable bonds is 9. The second kappa shape index (κ2) is 9.94. The molecule has 128 valence electrons. The Morgan fingerprint density at radius 1 is 0.875 bits per heavy atom. The summed E-state index contributed by atoms with van der Waals surface area (Å²) in [5.41, 5.74) is 5.25. The highest BCUT2D eigenvalue weighted by Crippen LogP contribution is 2.29. The first-order valence-corrected chi connectivity index (χ1v) is 8.95. The highest BCUT2D eigenvalue weighted by molar-refractivity contribution is 5.82. The van der Waals surface area contributed by atoms with Crippen LogP contribution in [0.3, 0.4) is 0 Å². The van der Waals surface area contributed by atoms with Crippen LogP contribution in [0.2, 0.25) is 0 Å². The third-order valence-corrected chi connectivity index (χ3v) is 4.14. The summed E-state index contributed by atoms with van der Waals surface area (Å²) in [6, 6.07) is 19.1. The molecular weight excluding hydrogens is 294 g/mol. The van der Waals surface area contributed by atoms with Crippen molar-refractivity contribution in [2.24, 2.45) is 0 Å². The van der Waals surface area contributed by atoms with Gasteiger partial charge in [0.15, 0.2) is 0 Å². The zero-order chi connectivity index (χ0) is 17.2. The van der Waals surface area contributed by atoms with E-state index in [2.05, 4.69) is 80.7 Å². The van der Waals surface area contributed by atoms with Gasteiger partial charge in [-0.1, -0.05) is 61.9 Å². The minimum atomic E-state index is 0.703. The quantitative estimate of drug-likeness (QED) is 0.633. The van der Waals surface area contributed by atoms with E-state index in [1.807, 2.05) is 0 Å². The first-order valence-electron chi connectivity index (χ1n) is 8.95. The zero-order valence-corrected chi connectivity index (χ0v) is 15.1. The van der Waals surface area contributed by atoms with Gasteiger partial charge in [0.1, 0.15) is 12.4 Å². The first kappa shape index (κ1) is 18.3. The molecule has 0 aliphatic rings. The van der Waals surface area contributed by atoms with Crippen LogP contribution in [-0.4, -0.2) is 19.7 Å². The minimum absolute atomic E-state index is 0.703. The summed E-state index contributed by atoms with van der Waals surface area (Å²) in [5, 5.41) is 3.35. The molecule has 0 aliphatic carbocycles. The minimum Gasteiger partial charge on any atom is -0.492 e. The van der Waals surface area contributed by atoms with Crippen LogP contribution in [0.5, 0.6) is 5.75 Å². The standard InChI is InChI=1S/C22H29NO/c1-4-15-23-16-17-24-21-13-11-20(12-14-21)22(18(3)5-2)19-9-7-6-8-10-19/h6-14,23H,4-5,15-17H2,1-3H3/b22-18-. The van der Waals surface area contributed by atoms with E-state index in [9.17, 15) is 0 Å². The maximum Gasteiger partial charge on any atom is 0.119 e. The molecule has 0 aliphatic heterocycles. The van der Waals surface area contributed by atoms with Gasteiger partial charge in [0.05, 0.1) is 0 Å². The Kier molecular flexibility index (Phi) is 7.57. The maximum absolute atomic E-state index is 5.80. The molecule has 0 bridgehead atoms. The summed E-state index contributed by atoms with van der Waals surface area (Å²) >= 11 is 0. The average Bonchev–Trinajstić information content (AvgIpc) is 2.63. The van der Waals surface area contributed by atoms with Crippen LogP contribution in [-0.2, 0) is 0 Å². The van der Waals surface area contributed by atoms with Crippen molar-refractivity contribution in [3.8, 4) is 5.75 Å². The molecule has 0 heterocycles. The van der Waals surface area contributed by atoms with Gasteiger partial charge in [-0.2, -0.15) is 0 Å². The lowest BCUT2D eigenvalue weighted by Crippen LogP contribution is -2.21. The molecule has 2 rings (SSSR count). The Bertz CT molecular complexity index is 629. The van der Waals surface area contributed by atoms with Crippen molar-refractivity contribution in [2.75, 3.05) is 19.7 Å². The summed E-state index contributed by atoms with van der Waals surface area (Å²) in [4.78, 5) is 0. The number of hydrogen-bond acceptors (Lipinski definition) is 2. The highest BCUT2D eigenvalue weighted by Gasteiger charge is 2.08. The Labute approximate surface area is 146 Å². The van der Waals surface area contributed by atoms with Gasteiger partial charge < -0.3 is 10.1 Å². The van der Waals surface area contributed by atoms with Crippen LogP contribution in [0.15, 0.2) is 60.2 Å². The van der Waals surface area contributed by atoms with Crippen LogP contribution in [0.4, 0.5) is 0 Å². The fraction of sp³-hybridized carbons (Fsp3) is 0.364. The molecule has 0 spiro atoms. The van der Waals surface area contributed by atoms with E-state index in [1.165, 1.54) is 22.3 Å². The molecule has 2 nitrogen and oxygen atoms in total. The Hall–Kier alpha value is -2.06. The SMILES string of the molecule is CCCNCCOc1ccc(/C(=C(/C)CC)c2ccccc2)cc1. The van der Waals surface area contributed by atoms with Gasteiger partial charge in [0, 0.05) is 6.54 Å². The molecule has 2 heteroatoms. The molecule has 0 aromatic heterocycles. The Morgan fingerprint density at radius 3 is 2.17 bits per heavy atom. The summed E-state index contributed by atoms with van der Waals surface area (Å²) in [7, 11) is 0. The van der Waals surface area contributed by atoms with Crippen molar-refractivity contribution in [2.45, 2.75) is 33.6 Å². The van der Waals surface area contributed by atoms with E-state index < -0.39 is 0 Å². The molecule has 24 heavy (non-hydrogen) atoms. The van der Waals surface area contributed by atoms with Crippen LogP contribution >= 0.6 is 0 Å². The van der Waals surface area contributed by atoms with Crippen molar-refractivity contribution < 1.29 is 4.74 Å². The number of hydrogen-bond donors (Lipinski definition) is 1. The van der Waals surface area contributed by atoms with Crippen molar-refractivity contribution in [1.29, 1.82) is 0 Å². The number of nitrogens with one attached hydrogen (secondary N) is 1. The second-order valence-corrected chi connectivity index (χ2v) is 6.00. The maximum atomic E-state index is 5.80. The fourth-order valence-electron chi connectivity index (χ4n) is 2.70. The van der Waals surface area contributed by atoms with Crippen molar-refractivity contribution in [3.05, 3.63) is 71.3 Å². The fourth-order valence-corrected chi connectivity index (χ4v) is 2.70. The molecule has 1 N–H and O–H groups in total. The molecule has 0 amide bonds. The van der Waals surface area contributed by atoms with Crippen molar-refractivity contribution in [3.63, 3.8) is 0 Å². The number of benzene rings is 2. The third kappa shape index (κ3) is 5.24.